The Balaban J connectivity index is 1.55. The summed E-state index contributed by atoms with van der Waals surface area (Å²) >= 11 is 0. The highest BCUT2D eigenvalue weighted by Crippen LogP contribution is 2.40. The molecule has 2 aliphatic rings. The van der Waals surface area contributed by atoms with Gasteiger partial charge in [0.15, 0.2) is 0 Å². The highest BCUT2D eigenvalue weighted by Gasteiger charge is 2.39. The molecule has 1 aliphatic carbocycles. The molecule has 0 unspecified atom stereocenters. The van der Waals surface area contributed by atoms with Gasteiger partial charge in [-0.15, -0.1) is 0 Å². The van der Waals surface area contributed by atoms with Crippen molar-refractivity contribution in [1.82, 2.24) is 19.9 Å². The number of nitrogens with zero attached hydrogens (tertiary/aromatic N) is 5. The van der Waals surface area contributed by atoms with E-state index < -0.39 is 5.41 Å². The molecule has 6 nitrogen and oxygen atoms in total. The van der Waals surface area contributed by atoms with Crippen LogP contribution in [0.1, 0.15) is 36.0 Å². The van der Waals surface area contributed by atoms with E-state index in [-0.39, 0.29) is 5.91 Å². The summed E-state index contributed by atoms with van der Waals surface area (Å²) in [6, 6.07) is 7.83. The Hall–Kier alpha value is -3.33. The predicted molar refractivity (Wildman–Crippen MR) is 105 cm³/mol. The molecule has 3 heterocycles. The van der Waals surface area contributed by atoms with Crippen molar-refractivity contribution in [2.45, 2.75) is 25.7 Å². The van der Waals surface area contributed by atoms with Crippen LogP contribution < -0.4 is 0 Å². The molecule has 0 radical (unpaired) electrons. The van der Waals surface area contributed by atoms with Crippen LogP contribution in [0.25, 0.3) is 11.4 Å². The molecule has 0 spiro atoms. The Bertz CT molecular complexity index is 966. The number of carbonyl (C=O) groups is 1. The van der Waals surface area contributed by atoms with Crippen molar-refractivity contribution in [1.29, 1.82) is 5.26 Å². The third kappa shape index (κ3) is 3.31. The molecular weight excluding hydrogens is 350 g/mol. The fourth-order valence-electron chi connectivity index (χ4n) is 3.91. The van der Waals surface area contributed by atoms with Crippen molar-refractivity contribution in [3.05, 3.63) is 66.3 Å². The van der Waals surface area contributed by atoms with Gasteiger partial charge in [-0.05, 0) is 49.5 Å². The van der Waals surface area contributed by atoms with Gasteiger partial charge in [-0.25, -0.2) is 9.97 Å². The van der Waals surface area contributed by atoms with E-state index in [0.29, 0.717) is 42.9 Å². The minimum atomic E-state index is -0.488. The van der Waals surface area contributed by atoms with Gasteiger partial charge < -0.3 is 4.90 Å². The summed E-state index contributed by atoms with van der Waals surface area (Å²) in [5.41, 5.74) is 2.33. The van der Waals surface area contributed by atoms with E-state index in [1.165, 1.54) is 6.33 Å². The highest BCUT2D eigenvalue weighted by molar-refractivity contribution is 5.99. The smallest absolute Gasteiger partial charge is 0.256 e. The number of piperidine rings is 1. The maximum absolute atomic E-state index is 13.2. The zero-order valence-electron chi connectivity index (χ0n) is 15.6. The summed E-state index contributed by atoms with van der Waals surface area (Å²) in [6.45, 7) is 1.10. The van der Waals surface area contributed by atoms with Gasteiger partial charge in [-0.2, -0.15) is 5.26 Å². The third-order valence-corrected chi connectivity index (χ3v) is 5.53. The summed E-state index contributed by atoms with van der Waals surface area (Å²) in [6.07, 6.45) is 14.4. The van der Waals surface area contributed by atoms with E-state index in [0.717, 1.165) is 18.4 Å². The Morgan fingerprint density at radius 2 is 2.00 bits per heavy atom. The maximum atomic E-state index is 13.2. The highest BCUT2D eigenvalue weighted by atomic mass is 16.2. The fraction of sp³-hybridized carbons (Fsp3) is 0.318. The Labute approximate surface area is 164 Å². The van der Waals surface area contributed by atoms with Crippen molar-refractivity contribution < 1.29 is 4.79 Å². The first-order chi connectivity index (χ1) is 13.7. The average molecular weight is 371 g/mol. The van der Waals surface area contributed by atoms with E-state index in [9.17, 15) is 10.1 Å². The van der Waals surface area contributed by atoms with Crippen LogP contribution in [-0.2, 0) is 0 Å². The van der Waals surface area contributed by atoms with Crippen molar-refractivity contribution in [2.24, 2.45) is 5.41 Å². The molecule has 28 heavy (non-hydrogen) atoms. The largest absolute Gasteiger partial charge is 0.338 e. The maximum Gasteiger partial charge on any atom is 0.256 e. The summed E-state index contributed by atoms with van der Waals surface area (Å²) < 4.78 is 0. The van der Waals surface area contributed by atoms with Gasteiger partial charge >= 0.3 is 0 Å². The quantitative estimate of drug-likeness (QED) is 0.824. The number of rotatable bonds is 3. The standard InChI is InChI=1S/C22H21N5O/c23-15-22(17-5-2-1-3-6-17)9-13-27(14-10-22)21(28)18-7-4-11-25-20(18)19-8-12-24-16-26-19/h2,4-8,11-12,16H,1,3,9-10,13-14H2. The average Bonchev–Trinajstić information content (AvgIpc) is 2.80. The van der Waals surface area contributed by atoms with Crippen molar-refractivity contribution in [3.8, 4) is 17.5 Å². The van der Waals surface area contributed by atoms with Crippen LogP contribution in [0.4, 0.5) is 0 Å². The zero-order valence-corrected chi connectivity index (χ0v) is 15.6. The van der Waals surface area contributed by atoms with E-state index in [1.54, 1.807) is 30.6 Å². The Kier molecular flexibility index (Phi) is 4.98. The van der Waals surface area contributed by atoms with Crippen molar-refractivity contribution in [3.63, 3.8) is 0 Å². The number of amides is 1. The number of carbonyl (C=O) groups excluding carboxylic acids is 1. The van der Waals surface area contributed by atoms with Gasteiger partial charge in [0.25, 0.3) is 5.91 Å². The molecule has 0 aromatic carbocycles. The lowest BCUT2D eigenvalue weighted by Crippen LogP contribution is -2.43. The SMILES string of the molecule is N#CC1(C2=CCCC=C2)CCN(C(=O)c2cccnc2-c2ccncn2)CC1. The second kappa shape index (κ2) is 7.73. The van der Waals surface area contributed by atoms with Gasteiger partial charge in [-0.3, -0.25) is 9.78 Å². The van der Waals surface area contributed by atoms with Crippen molar-refractivity contribution in [2.75, 3.05) is 13.1 Å². The molecule has 2 aromatic rings. The molecule has 1 aliphatic heterocycles. The summed E-state index contributed by atoms with van der Waals surface area (Å²) in [5, 5.41) is 9.88. The first-order valence-electron chi connectivity index (χ1n) is 9.53. The molecule has 0 saturated carbocycles. The van der Waals surface area contributed by atoms with Crippen LogP contribution in [0.3, 0.4) is 0 Å². The lowest BCUT2D eigenvalue weighted by atomic mass is 9.72. The number of pyridine rings is 1. The zero-order chi connectivity index (χ0) is 19.4. The molecule has 140 valence electrons. The molecule has 1 amide bonds. The number of hydrogen-bond donors (Lipinski definition) is 0. The van der Waals surface area contributed by atoms with Gasteiger partial charge in [0.2, 0.25) is 0 Å². The topological polar surface area (TPSA) is 82.8 Å². The molecule has 1 saturated heterocycles. The molecule has 2 aromatic heterocycles. The first kappa shape index (κ1) is 18.1. The van der Waals surface area contributed by atoms with E-state index in [1.807, 2.05) is 4.90 Å². The molecular formula is C22H21N5O. The van der Waals surface area contributed by atoms with Crippen LogP contribution in [0.5, 0.6) is 0 Å². The van der Waals surface area contributed by atoms with E-state index >= 15 is 0 Å². The Morgan fingerprint density at radius 3 is 2.68 bits per heavy atom. The number of hydrogen-bond acceptors (Lipinski definition) is 5. The first-order valence-corrected chi connectivity index (χ1v) is 9.53. The predicted octanol–water partition coefficient (Wildman–Crippen LogP) is 3.56. The third-order valence-electron chi connectivity index (χ3n) is 5.53. The minimum Gasteiger partial charge on any atom is -0.338 e. The second-order valence-corrected chi connectivity index (χ2v) is 7.12. The van der Waals surface area contributed by atoms with Crippen LogP contribution in [0.15, 0.2) is 60.7 Å². The number of aromatic nitrogens is 3. The molecule has 4 rings (SSSR count). The summed E-state index contributed by atoms with van der Waals surface area (Å²) in [5.74, 6) is -0.0681. The van der Waals surface area contributed by atoms with Gasteiger partial charge in [0.1, 0.15) is 12.0 Å². The second-order valence-electron chi connectivity index (χ2n) is 7.12. The Morgan fingerprint density at radius 1 is 1.14 bits per heavy atom. The van der Waals surface area contributed by atoms with Gasteiger partial charge in [-0.1, -0.05) is 18.2 Å². The molecule has 6 heteroatoms. The van der Waals surface area contributed by atoms with E-state index in [2.05, 4.69) is 39.2 Å². The minimum absolute atomic E-state index is 0.0681. The fourth-order valence-corrected chi connectivity index (χ4v) is 3.91. The number of nitriles is 1. The monoisotopic (exact) mass is 371 g/mol. The molecule has 0 bridgehead atoms. The van der Waals surface area contributed by atoms with Crippen molar-refractivity contribution >= 4 is 5.91 Å². The van der Waals surface area contributed by atoms with Gasteiger partial charge in [0, 0.05) is 25.5 Å². The summed E-state index contributed by atoms with van der Waals surface area (Å²) in [7, 11) is 0. The van der Waals surface area contributed by atoms with Crippen LogP contribution in [-0.4, -0.2) is 38.8 Å². The normalized spacial score (nSPS) is 18.2. The summed E-state index contributed by atoms with van der Waals surface area (Å²) in [4.78, 5) is 27.6. The van der Waals surface area contributed by atoms with Gasteiger partial charge in [0.05, 0.1) is 22.7 Å². The number of allylic oxidation sites excluding steroid dienone is 4. The van der Waals surface area contributed by atoms with Crippen LogP contribution >= 0.6 is 0 Å². The van der Waals surface area contributed by atoms with E-state index in [4.69, 9.17) is 0 Å². The molecule has 0 N–H and O–H groups in total. The molecule has 0 atom stereocenters. The van der Waals surface area contributed by atoms with Crippen LogP contribution in [0, 0.1) is 16.7 Å². The lowest BCUT2D eigenvalue weighted by Gasteiger charge is -2.38. The lowest BCUT2D eigenvalue weighted by molar-refractivity contribution is 0.0674. The van der Waals surface area contributed by atoms with Crippen LogP contribution in [0.2, 0.25) is 0 Å². The number of likely N-dealkylation sites (tertiary alicyclic amines) is 1. The molecule has 1 fully saturated rings.